The average Bonchev–Trinajstić information content (AvgIpc) is 2.99. The minimum atomic E-state index is -0.960. The van der Waals surface area contributed by atoms with Gasteiger partial charge in [-0.3, -0.25) is 4.79 Å². The molecule has 1 aromatic carbocycles. The molecular formula is C29H35NO2. The van der Waals surface area contributed by atoms with E-state index in [1.54, 1.807) is 5.57 Å². The summed E-state index contributed by atoms with van der Waals surface area (Å²) in [5.41, 5.74) is 5.51. The van der Waals surface area contributed by atoms with Crippen LogP contribution in [0.3, 0.4) is 0 Å². The maximum Gasteiger partial charge on any atom is 0.137 e. The van der Waals surface area contributed by atoms with E-state index in [1.807, 2.05) is 14.0 Å². The van der Waals surface area contributed by atoms with Crippen LogP contribution >= 0.6 is 0 Å². The van der Waals surface area contributed by atoms with E-state index in [0.29, 0.717) is 30.5 Å². The molecule has 0 radical (unpaired) electrons. The largest absolute Gasteiger partial charge is 0.388 e. The van der Waals surface area contributed by atoms with Gasteiger partial charge in [-0.05, 0) is 79.2 Å². The number of fused-ring (bicyclic) bond motifs is 4. The summed E-state index contributed by atoms with van der Waals surface area (Å²) in [6.45, 7) is 6.33. The Morgan fingerprint density at radius 3 is 2.62 bits per heavy atom. The number of aliphatic hydroxyl groups is 1. The smallest absolute Gasteiger partial charge is 0.137 e. The van der Waals surface area contributed by atoms with Crippen molar-refractivity contribution in [1.29, 1.82) is 0 Å². The van der Waals surface area contributed by atoms with Gasteiger partial charge >= 0.3 is 0 Å². The number of rotatable bonds is 2. The molecule has 3 saturated carbocycles. The van der Waals surface area contributed by atoms with Crippen LogP contribution in [0.15, 0.2) is 47.1 Å². The van der Waals surface area contributed by atoms with Gasteiger partial charge in [0.2, 0.25) is 0 Å². The zero-order chi connectivity index (χ0) is 22.7. The first-order valence-corrected chi connectivity index (χ1v) is 12.2. The molecule has 1 unspecified atom stereocenters. The van der Waals surface area contributed by atoms with Crippen molar-refractivity contribution in [3.05, 3.63) is 52.6 Å². The number of benzene rings is 1. The zero-order valence-corrected chi connectivity index (χ0v) is 19.8. The van der Waals surface area contributed by atoms with Crippen molar-refractivity contribution in [1.82, 2.24) is 0 Å². The molecule has 2 N–H and O–H groups in total. The SMILES string of the molecule is CC#CC1(O)[C@H](C)C[C@H]2[C@@H]3CC=C4CC(=O)CCC4=C3[C@@H](c3ccc(NC)cc3)C[C@@]21C. The van der Waals surface area contributed by atoms with Crippen LogP contribution in [0.4, 0.5) is 5.69 Å². The van der Waals surface area contributed by atoms with Crippen molar-refractivity contribution in [3.63, 3.8) is 0 Å². The predicted octanol–water partition coefficient (Wildman–Crippen LogP) is 5.63. The number of nitrogens with one attached hydrogen (secondary N) is 1. The lowest BCUT2D eigenvalue weighted by Gasteiger charge is -2.53. The first-order valence-electron chi connectivity index (χ1n) is 12.2. The molecule has 3 fully saturated rings. The fourth-order valence-electron chi connectivity index (χ4n) is 7.57. The maximum absolute atomic E-state index is 12.2. The summed E-state index contributed by atoms with van der Waals surface area (Å²) in [6, 6.07) is 8.81. The number of ketones is 1. The zero-order valence-electron chi connectivity index (χ0n) is 19.8. The highest BCUT2D eigenvalue weighted by Gasteiger charge is 2.65. The first kappa shape index (κ1) is 21.5. The molecule has 168 valence electrons. The summed E-state index contributed by atoms with van der Waals surface area (Å²) in [5.74, 6) is 7.95. The lowest BCUT2D eigenvalue weighted by molar-refractivity contribution is -0.118. The fraction of sp³-hybridized carbons (Fsp3) is 0.552. The molecule has 0 aromatic heterocycles. The summed E-state index contributed by atoms with van der Waals surface area (Å²) in [6.07, 6.45) is 7.38. The lowest BCUT2D eigenvalue weighted by Crippen LogP contribution is -2.52. The van der Waals surface area contributed by atoms with E-state index in [9.17, 15) is 9.90 Å². The van der Waals surface area contributed by atoms with Crippen LogP contribution in [0.2, 0.25) is 0 Å². The van der Waals surface area contributed by atoms with Gasteiger partial charge in [0, 0.05) is 36.9 Å². The highest BCUT2D eigenvalue weighted by atomic mass is 16.3. The number of hydrogen-bond acceptors (Lipinski definition) is 3. The van der Waals surface area contributed by atoms with E-state index in [0.717, 1.165) is 31.4 Å². The summed E-state index contributed by atoms with van der Waals surface area (Å²) >= 11 is 0. The number of carbonyl (C=O) groups excluding carboxylic acids is 1. The van der Waals surface area contributed by atoms with Gasteiger partial charge in [0.25, 0.3) is 0 Å². The van der Waals surface area contributed by atoms with Gasteiger partial charge in [0.15, 0.2) is 0 Å². The van der Waals surface area contributed by atoms with E-state index >= 15 is 0 Å². The van der Waals surface area contributed by atoms with Crippen molar-refractivity contribution in [3.8, 4) is 11.8 Å². The molecule has 3 nitrogen and oxygen atoms in total. The van der Waals surface area contributed by atoms with Crippen LogP contribution in [0.1, 0.15) is 70.8 Å². The topological polar surface area (TPSA) is 49.3 Å². The molecule has 4 aliphatic rings. The monoisotopic (exact) mass is 429 g/mol. The highest BCUT2D eigenvalue weighted by Crippen LogP contribution is 2.67. The summed E-state index contributed by atoms with van der Waals surface area (Å²) in [7, 11) is 1.95. The summed E-state index contributed by atoms with van der Waals surface area (Å²) in [5, 5.41) is 15.2. The number of carbonyl (C=O) groups is 1. The van der Waals surface area contributed by atoms with Gasteiger partial charge in [-0.2, -0.15) is 0 Å². The number of anilines is 1. The molecule has 0 spiro atoms. The first-order chi connectivity index (χ1) is 15.3. The Labute approximate surface area is 192 Å². The Bertz CT molecular complexity index is 1070. The third-order valence-corrected chi connectivity index (χ3v) is 9.21. The van der Waals surface area contributed by atoms with Crippen LogP contribution in [0, 0.1) is 35.0 Å². The Balaban J connectivity index is 1.68. The van der Waals surface area contributed by atoms with E-state index in [2.05, 4.69) is 61.3 Å². The molecule has 3 heteroatoms. The normalized spacial score (nSPS) is 38.2. The van der Waals surface area contributed by atoms with Crippen LogP contribution in [0.5, 0.6) is 0 Å². The third kappa shape index (κ3) is 2.96. The van der Waals surface area contributed by atoms with Crippen LogP contribution in [-0.2, 0) is 4.79 Å². The second-order valence-electron chi connectivity index (χ2n) is 10.7. The third-order valence-electron chi connectivity index (χ3n) is 9.21. The molecule has 1 aromatic rings. The van der Waals surface area contributed by atoms with Crippen LogP contribution in [0.25, 0.3) is 0 Å². The second-order valence-corrected chi connectivity index (χ2v) is 10.7. The quantitative estimate of drug-likeness (QED) is 0.599. The van der Waals surface area contributed by atoms with Gasteiger partial charge in [0.1, 0.15) is 11.4 Å². The van der Waals surface area contributed by atoms with Gasteiger partial charge < -0.3 is 10.4 Å². The van der Waals surface area contributed by atoms with Gasteiger partial charge in [0.05, 0.1) is 0 Å². The minimum Gasteiger partial charge on any atom is -0.388 e. The number of allylic oxidation sites excluding steroid dienone is 4. The Morgan fingerprint density at radius 1 is 1.19 bits per heavy atom. The molecule has 6 atom stereocenters. The van der Waals surface area contributed by atoms with Gasteiger partial charge in [-0.25, -0.2) is 0 Å². The number of hydrogen-bond donors (Lipinski definition) is 2. The summed E-state index contributed by atoms with van der Waals surface area (Å²) in [4.78, 5) is 12.2. The van der Waals surface area contributed by atoms with Crippen molar-refractivity contribution >= 4 is 11.5 Å². The molecular weight excluding hydrogens is 394 g/mol. The highest BCUT2D eigenvalue weighted by molar-refractivity contribution is 5.84. The Hall–Kier alpha value is -2.31. The van der Waals surface area contributed by atoms with Gasteiger partial charge in [-0.15, -0.1) is 5.92 Å². The van der Waals surface area contributed by atoms with Crippen molar-refractivity contribution in [2.24, 2.45) is 23.2 Å². The van der Waals surface area contributed by atoms with Crippen molar-refractivity contribution < 1.29 is 9.90 Å². The predicted molar refractivity (Wildman–Crippen MR) is 129 cm³/mol. The molecule has 0 heterocycles. The van der Waals surface area contributed by atoms with Crippen LogP contribution < -0.4 is 5.32 Å². The summed E-state index contributed by atoms with van der Waals surface area (Å²) < 4.78 is 0. The average molecular weight is 430 g/mol. The van der Waals surface area contributed by atoms with E-state index < -0.39 is 5.60 Å². The minimum absolute atomic E-state index is 0.153. The van der Waals surface area contributed by atoms with Crippen molar-refractivity contribution in [2.45, 2.75) is 70.8 Å². The van der Waals surface area contributed by atoms with Crippen LogP contribution in [-0.4, -0.2) is 23.5 Å². The molecule has 32 heavy (non-hydrogen) atoms. The van der Waals surface area contributed by atoms with Gasteiger partial charge in [-0.1, -0.05) is 43.5 Å². The molecule has 5 rings (SSSR count). The molecule has 0 aliphatic heterocycles. The molecule has 0 amide bonds. The Kier molecular flexibility index (Phi) is 5.13. The van der Waals surface area contributed by atoms with Crippen molar-refractivity contribution in [2.75, 3.05) is 12.4 Å². The standard InChI is InChI=1S/C29H35NO2/c1-5-14-29(32)18(2)15-26-24-12-8-20-16-22(31)11-13-23(20)27(24)25(17-28(26,29)3)19-6-9-21(30-4)10-7-19/h6-10,18,24-26,30,32H,11-13,15-17H2,1-4H3/t18-,24+,25-,26+,28+,29?/m1/s1. The Morgan fingerprint density at radius 2 is 1.94 bits per heavy atom. The van der Waals surface area contributed by atoms with E-state index in [4.69, 9.17) is 0 Å². The molecule has 0 bridgehead atoms. The second kappa shape index (κ2) is 7.63. The van der Waals surface area contributed by atoms with E-state index in [-0.39, 0.29) is 17.3 Å². The fourth-order valence-corrected chi connectivity index (χ4v) is 7.57. The lowest BCUT2D eigenvalue weighted by atomic mass is 9.51. The molecule has 0 saturated heterocycles. The maximum atomic E-state index is 12.2. The number of Topliss-reactive ketones (excluding diaryl/α,β-unsaturated/α-hetero) is 1. The molecule has 4 aliphatic carbocycles. The van der Waals surface area contributed by atoms with E-state index in [1.165, 1.54) is 16.7 Å².